The largest absolute Gasteiger partial charge is 0.469 e. The van der Waals surface area contributed by atoms with Gasteiger partial charge in [0.2, 0.25) is 0 Å². The van der Waals surface area contributed by atoms with Crippen molar-refractivity contribution in [2.24, 2.45) is 5.92 Å². The molecule has 1 atom stereocenters. The number of cyclic esters (lactones) is 1. The summed E-state index contributed by atoms with van der Waals surface area (Å²) >= 11 is 0. The molecule has 28 heavy (non-hydrogen) atoms. The van der Waals surface area contributed by atoms with Gasteiger partial charge in [0.25, 0.3) is 0 Å². The van der Waals surface area contributed by atoms with Crippen LogP contribution in [-0.2, 0) is 14.3 Å². The number of piperidine rings is 1. The number of amides is 1. The number of hydrogen-bond donors (Lipinski definition) is 0. The van der Waals surface area contributed by atoms with E-state index in [1.807, 2.05) is 4.90 Å². The molecule has 0 aliphatic carbocycles. The summed E-state index contributed by atoms with van der Waals surface area (Å²) in [7, 11) is 1.43. The van der Waals surface area contributed by atoms with Crippen LogP contribution in [0.15, 0.2) is 0 Å². The van der Waals surface area contributed by atoms with Crippen LogP contribution in [0.1, 0.15) is 26.2 Å². The second kappa shape index (κ2) is 10.4. The lowest BCUT2D eigenvalue weighted by molar-refractivity contribution is -0.141. The number of piperazine rings is 1. The minimum absolute atomic E-state index is 0.0233. The average Bonchev–Trinajstić information content (AvgIpc) is 3.06. The lowest BCUT2D eigenvalue weighted by Gasteiger charge is -2.35. The summed E-state index contributed by atoms with van der Waals surface area (Å²) in [5.41, 5.74) is 0. The predicted octanol–water partition coefficient (Wildman–Crippen LogP) is 0.720. The highest BCUT2D eigenvalue weighted by molar-refractivity contribution is 5.70. The molecule has 0 radical (unpaired) electrons. The van der Waals surface area contributed by atoms with E-state index in [0.717, 1.165) is 72.0 Å². The Labute approximate surface area is 168 Å². The summed E-state index contributed by atoms with van der Waals surface area (Å²) < 4.78 is 10.3. The molecule has 0 aromatic carbocycles. The van der Waals surface area contributed by atoms with Crippen LogP contribution in [0.2, 0.25) is 0 Å². The Bertz CT molecular complexity index is 516. The smallest absolute Gasteiger partial charge is 0.410 e. The fourth-order valence-corrected chi connectivity index (χ4v) is 4.45. The molecule has 160 valence electrons. The van der Waals surface area contributed by atoms with Crippen LogP contribution >= 0.6 is 0 Å². The van der Waals surface area contributed by atoms with E-state index in [-0.39, 0.29) is 18.2 Å². The zero-order chi connectivity index (χ0) is 19.9. The van der Waals surface area contributed by atoms with E-state index < -0.39 is 0 Å². The first-order valence-electron chi connectivity index (χ1n) is 10.8. The van der Waals surface area contributed by atoms with Crippen molar-refractivity contribution in [3.8, 4) is 0 Å². The number of ether oxygens (including phenoxy) is 2. The molecule has 3 aliphatic rings. The van der Waals surface area contributed by atoms with E-state index in [0.29, 0.717) is 12.3 Å². The summed E-state index contributed by atoms with van der Waals surface area (Å²) in [6, 6.07) is 0. The second-order valence-electron chi connectivity index (χ2n) is 8.26. The molecule has 1 unspecified atom stereocenters. The third-order valence-corrected chi connectivity index (χ3v) is 6.37. The molecular weight excluding hydrogens is 360 g/mol. The number of rotatable bonds is 8. The Morgan fingerprint density at radius 1 is 1.04 bits per heavy atom. The fourth-order valence-electron chi connectivity index (χ4n) is 4.45. The monoisotopic (exact) mass is 396 g/mol. The van der Waals surface area contributed by atoms with Gasteiger partial charge in [0.1, 0.15) is 6.10 Å². The van der Waals surface area contributed by atoms with Gasteiger partial charge in [0.15, 0.2) is 0 Å². The Kier molecular flexibility index (Phi) is 7.93. The number of esters is 1. The quantitative estimate of drug-likeness (QED) is 0.560. The van der Waals surface area contributed by atoms with Crippen molar-refractivity contribution < 1.29 is 19.1 Å². The molecule has 3 rings (SSSR count). The maximum Gasteiger partial charge on any atom is 0.410 e. The molecule has 0 saturated carbocycles. The first kappa shape index (κ1) is 21.3. The maximum atomic E-state index is 12.3. The van der Waals surface area contributed by atoms with Gasteiger partial charge >= 0.3 is 12.1 Å². The number of carbonyl (C=O) groups is 2. The number of carbonyl (C=O) groups excluding carboxylic acids is 2. The summed E-state index contributed by atoms with van der Waals surface area (Å²) in [6.45, 7) is 12.5. The van der Waals surface area contributed by atoms with Crippen molar-refractivity contribution in [2.45, 2.75) is 32.3 Å². The minimum Gasteiger partial charge on any atom is -0.469 e. The van der Waals surface area contributed by atoms with Crippen molar-refractivity contribution in [2.75, 3.05) is 79.1 Å². The van der Waals surface area contributed by atoms with Gasteiger partial charge in [-0.3, -0.25) is 9.69 Å². The Morgan fingerprint density at radius 2 is 1.71 bits per heavy atom. The molecule has 1 amide bonds. The van der Waals surface area contributed by atoms with Gasteiger partial charge < -0.3 is 24.2 Å². The van der Waals surface area contributed by atoms with E-state index in [1.165, 1.54) is 20.0 Å². The molecule has 0 bridgehead atoms. The van der Waals surface area contributed by atoms with Crippen LogP contribution in [0.4, 0.5) is 4.79 Å². The summed E-state index contributed by atoms with van der Waals surface area (Å²) in [5, 5.41) is 0. The highest BCUT2D eigenvalue weighted by Crippen LogP contribution is 2.22. The fraction of sp³-hybridized carbons (Fsp3) is 0.900. The molecular formula is C20H36N4O4. The zero-order valence-electron chi connectivity index (χ0n) is 17.5. The first-order chi connectivity index (χ1) is 13.6. The van der Waals surface area contributed by atoms with Crippen LogP contribution in [0, 0.1) is 5.92 Å². The van der Waals surface area contributed by atoms with Gasteiger partial charge in [0, 0.05) is 45.8 Å². The molecule has 0 spiro atoms. The van der Waals surface area contributed by atoms with Gasteiger partial charge in [-0.15, -0.1) is 0 Å². The SMILES string of the molecule is CCN1CCC(CN2CC(CN3CCN(CCC(=O)OC)CC3)OC2=O)CC1. The van der Waals surface area contributed by atoms with Crippen LogP contribution in [-0.4, -0.2) is 117 Å². The maximum absolute atomic E-state index is 12.3. The van der Waals surface area contributed by atoms with Crippen LogP contribution in [0.25, 0.3) is 0 Å². The number of hydrogen-bond acceptors (Lipinski definition) is 7. The van der Waals surface area contributed by atoms with Crippen molar-refractivity contribution in [1.82, 2.24) is 19.6 Å². The molecule has 3 fully saturated rings. The van der Waals surface area contributed by atoms with Crippen molar-refractivity contribution in [3.63, 3.8) is 0 Å². The minimum atomic E-state index is -0.152. The summed E-state index contributed by atoms with van der Waals surface area (Å²) in [4.78, 5) is 32.6. The van der Waals surface area contributed by atoms with Crippen molar-refractivity contribution in [1.29, 1.82) is 0 Å². The van der Waals surface area contributed by atoms with E-state index in [9.17, 15) is 9.59 Å². The lowest BCUT2D eigenvalue weighted by atomic mass is 9.96. The number of likely N-dealkylation sites (tertiary alicyclic amines) is 1. The molecule has 3 heterocycles. The standard InChI is InChI=1S/C20H36N4O4/c1-3-21-7-4-17(5-8-21)14-24-16-18(28-20(24)26)15-23-12-10-22(11-13-23)9-6-19(25)27-2/h17-18H,3-16H2,1-2H3. The van der Waals surface area contributed by atoms with Gasteiger partial charge in [0.05, 0.1) is 20.1 Å². The number of methoxy groups -OCH3 is 1. The molecule has 8 heteroatoms. The predicted molar refractivity (Wildman–Crippen MR) is 106 cm³/mol. The molecule has 0 N–H and O–H groups in total. The van der Waals surface area contributed by atoms with Crippen molar-refractivity contribution in [3.05, 3.63) is 0 Å². The molecule has 0 aromatic rings. The Balaban J connectivity index is 1.34. The van der Waals surface area contributed by atoms with Gasteiger partial charge in [-0.25, -0.2) is 4.79 Å². The second-order valence-corrected chi connectivity index (χ2v) is 8.26. The first-order valence-corrected chi connectivity index (χ1v) is 10.8. The normalized spacial score (nSPS) is 25.9. The number of nitrogens with zero attached hydrogens (tertiary/aromatic N) is 4. The summed E-state index contributed by atoms with van der Waals surface area (Å²) in [6.07, 6.45) is 2.64. The average molecular weight is 397 g/mol. The third-order valence-electron chi connectivity index (χ3n) is 6.37. The Hall–Kier alpha value is -1.38. The Morgan fingerprint density at radius 3 is 2.36 bits per heavy atom. The molecule has 8 nitrogen and oxygen atoms in total. The highest BCUT2D eigenvalue weighted by atomic mass is 16.6. The zero-order valence-corrected chi connectivity index (χ0v) is 17.5. The van der Waals surface area contributed by atoms with Gasteiger partial charge in [-0.05, 0) is 38.4 Å². The summed E-state index contributed by atoms with van der Waals surface area (Å²) in [5.74, 6) is 0.452. The lowest BCUT2D eigenvalue weighted by Crippen LogP contribution is -2.49. The van der Waals surface area contributed by atoms with Crippen LogP contribution < -0.4 is 0 Å². The van der Waals surface area contributed by atoms with Gasteiger partial charge in [-0.1, -0.05) is 6.92 Å². The van der Waals surface area contributed by atoms with Crippen LogP contribution in [0.3, 0.4) is 0 Å². The van der Waals surface area contributed by atoms with E-state index >= 15 is 0 Å². The topological polar surface area (TPSA) is 65.6 Å². The van der Waals surface area contributed by atoms with E-state index in [4.69, 9.17) is 9.47 Å². The molecule has 3 aliphatic heterocycles. The highest BCUT2D eigenvalue weighted by Gasteiger charge is 2.34. The van der Waals surface area contributed by atoms with Gasteiger partial charge in [-0.2, -0.15) is 0 Å². The van der Waals surface area contributed by atoms with Crippen LogP contribution in [0.5, 0.6) is 0 Å². The third kappa shape index (κ3) is 6.06. The van der Waals surface area contributed by atoms with E-state index in [2.05, 4.69) is 21.6 Å². The van der Waals surface area contributed by atoms with E-state index in [1.54, 1.807) is 0 Å². The van der Waals surface area contributed by atoms with Crippen molar-refractivity contribution >= 4 is 12.1 Å². The molecule has 3 saturated heterocycles. The molecule has 0 aromatic heterocycles.